The minimum absolute atomic E-state index is 0.218. The predicted molar refractivity (Wildman–Crippen MR) is 73.5 cm³/mol. The summed E-state index contributed by atoms with van der Waals surface area (Å²) in [5.74, 6) is 3.71. The average Bonchev–Trinajstić information content (AvgIpc) is 2.46. The van der Waals surface area contributed by atoms with Gasteiger partial charge in [0.1, 0.15) is 11.3 Å². The van der Waals surface area contributed by atoms with Gasteiger partial charge in [0.05, 0.1) is 11.4 Å². The van der Waals surface area contributed by atoms with Gasteiger partial charge in [-0.3, -0.25) is 5.84 Å². The van der Waals surface area contributed by atoms with Crippen LogP contribution in [-0.4, -0.2) is 16.2 Å². The van der Waals surface area contributed by atoms with Crippen LogP contribution in [-0.2, 0) is 0 Å². The number of azo groups is 1. The molecule has 20 heavy (non-hydrogen) atoms. The second kappa shape index (κ2) is 5.81. The van der Waals surface area contributed by atoms with Gasteiger partial charge in [-0.05, 0) is 42.5 Å². The molecule has 0 aliphatic heterocycles. The number of aromatic hydroxyl groups is 1. The fourth-order valence-corrected chi connectivity index (χ4v) is 1.50. The topological polar surface area (TPSA) is 120 Å². The van der Waals surface area contributed by atoms with E-state index in [-0.39, 0.29) is 11.3 Å². The fourth-order valence-electron chi connectivity index (χ4n) is 1.50. The van der Waals surface area contributed by atoms with Gasteiger partial charge in [0.15, 0.2) is 0 Å². The number of anilines is 1. The lowest BCUT2D eigenvalue weighted by atomic mass is 10.2. The molecule has 0 heterocycles. The highest BCUT2D eigenvalue weighted by Gasteiger charge is 2.09. The number of nitrogen functional groups attached to an aromatic ring is 1. The Morgan fingerprint density at radius 2 is 1.65 bits per heavy atom. The molecule has 102 valence electrons. The fraction of sp³-hybridized carbons (Fsp3) is 0. The molecular weight excluding hydrogens is 260 g/mol. The lowest BCUT2D eigenvalue weighted by Gasteiger charge is -2.00. The second-order valence-corrected chi connectivity index (χ2v) is 3.90. The number of carbonyl (C=O) groups is 1. The maximum Gasteiger partial charge on any atom is 0.339 e. The van der Waals surface area contributed by atoms with Crippen molar-refractivity contribution in [3.63, 3.8) is 0 Å². The molecule has 7 heteroatoms. The number of nitrogens with zero attached hydrogens (tertiary/aromatic N) is 2. The Morgan fingerprint density at radius 3 is 2.25 bits per heavy atom. The van der Waals surface area contributed by atoms with Crippen molar-refractivity contribution in [1.82, 2.24) is 0 Å². The highest BCUT2D eigenvalue weighted by Crippen LogP contribution is 2.25. The number of rotatable bonds is 4. The predicted octanol–water partition coefficient (Wildman–Crippen LogP) is 2.79. The smallest absolute Gasteiger partial charge is 0.339 e. The Kier molecular flexibility index (Phi) is 3.92. The minimum Gasteiger partial charge on any atom is -0.507 e. The molecule has 7 nitrogen and oxygen atoms in total. The quantitative estimate of drug-likeness (QED) is 0.387. The molecule has 0 atom stereocenters. The van der Waals surface area contributed by atoms with E-state index in [0.717, 1.165) is 5.69 Å². The van der Waals surface area contributed by atoms with Crippen LogP contribution in [0.5, 0.6) is 5.75 Å². The van der Waals surface area contributed by atoms with E-state index >= 15 is 0 Å². The van der Waals surface area contributed by atoms with Crippen LogP contribution in [0.3, 0.4) is 0 Å². The van der Waals surface area contributed by atoms with Crippen LogP contribution in [0.1, 0.15) is 10.4 Å². The molecule has 0 amide bonds. The van der Waals surface area contributed by atoms with Crippen LogP contribution in [0.25, 0.3) is 0 Å². The van der Waals surface area contributed by atoms with Crippen LogP contribution < -0.4 is 11.3 Å². The summed E-state index contributed by atoms with van der Waals surface area (Å²) >= 11 is 0. The summed E-state index contributed by atoms with van der Waals surface area (Å²) < 4.78 is 0. The summed E-state index contributed by atoms with van der Waals surface area (Å²) in [6, 6.07) is 10.9. The van der Waals surface area contributed by atoms with E-state index in [4.69, 9.17) is 10.9 Å². The number of carboxylic acid groups (broad SMARTS) is 1. The zero-order chi connectivity index (χ0) is 14.5. The Labute approximate surface area is 114 Å². The Balaban J connectivity index is 2.22. The van der Waals surface area contributed by atoms with Crippen molar-refractivity contribution < 1.29 is 15.0 Å². The van der Waals surface area contributed by atoms with Crippen LogP contribution >= 0.6 is 0 Å². The van der Waals surface area contributed by atoms with Gasteiger partial charge in [-0.25, -0.2) is 4.79 Å². The van der Waals surface area contributed by atoms with Crippen LogP contribution in [0, 0.1) is 0 Å². The number of carboxylic acids is 1. The van der Waals surface area contributed by atoms with Gasteiger partial charge in [-0.2, -0.15) is 10.2 Å². The Bertz CT molecular complexity index is 653. The van der Waals surface area contributed by atoms with E-state index in [2.05, 4.69) is 15.7 Å². The van der Waals surface area contributed by atoms with Crippen molar-refractivity contribution in [2.75, 3.05) is 5.43 Å². The summed E-state index contributed by atoms with van der Waals surface area (Å²) in [4.78, 5) is 10.9. The lowest BCUT2D eigenvalue weighted by Crippen LogP contribution is -2.05. The first-order valence-corrected chi connectivity index (χ1v) is 5.65. The molecule has 2 aromatic rings. The van der Waals surface area contributed by atoms with E-state index in [1.54, 1.807) is 24.3 Å². The average molecular weight is 272 g/mol. The van der Waals surface area contributed by atoms with E-state index < -0.39 is 5.97 Å². The van der Waals surface area contributed by atoms with Crippen molar-refractivity contribution in [3.05, 3.63) is 48.0 Å². The zero-order valence-corrected chi connectivity index (χ0v) is 10.3. The summed E-state index contributed by atoms with van der Waals surface area (Å²) in [6.45, 7) is 0. The molecule has 0 aliphatic carbocycles. The summed E-state index contributed by atoms with van der Waals surface area (Å²) in [5, 5.41) is 26.1. The van der Waals surface area contributed by atoms with Crippen molar-refractivity contribution >= 4 is 23.0 Å². The molecule has 0 spiro atoms. The van der Waals surface area contributed by atoms with Crippen LogP contribution in [0.15, 0.2) is 52.7 Å². The number of phenols is 1. The molecule has 0 aliphatic rings. The van der Waals surface area contributed by atoms with E-state index in [1.807, 2.05) is 0 Å². The van der Waals surface area contributed by atoms with Crippen LogP contribution in [0.2, 0.25) is 0 Å². The molecule has 2 rings (SSSR count). The van der Waals surface area contributed by atoms with Crippen molar-refractivity contribution in [2.24, 2.45) is 16.1 Å². The van der Waals surface area contributed by atoms with Gasteiger partial charge in [0.25, 0.3) is 0 Å². The minimum atomic E-state index is -1.22. The number of hydrogen-bond acceptors (Lipinski definition) is 6. The molecule has 5 N–H and O–H groups in total. The van der Waals surface area contributed by atoms with Gasteiger partial charge in [-0.1, -0.05) is 0 Å². The van der Waals surface area contributed by atoms with E-state index in [1.165, 1.54) is 18.2 Å². The molecule has 2 aromatic carbocycles. The van der Waals surface area contributed by atoms with Gasteiger partial charge in [0.2, 0.25) is 0 Å². The largest absolute Gasteiger partial charge is 0.507 e. The van der Waals surface area contributed by atoms with Crippen molar-refractivity contribution in [1.29, 1.82) is 0 Å². The third-order valence-electron chi connectivity index (χ3n) is 2.53. The third-order valence-corrected chi connectivity index (χ3v) is 2.53. The maximum atomic E-state index is 10.9. The van der Waals surface area contributed by atoms with Crippen LogP contribution in [0.4, 0.5) is 17.1 Å². The molecule has 0 aromatic heterocycles. The number of aromatic carboxylic acids is 1. The molecule has 0 bridgehead atoms. The Hall–Kier alpha value is -2.93. The summed E-state index contributed by atoms with van der Waals surface area (Å²) in [5.41, 5.74) is 3.93. The number of nitrogens with one attached hydrogen (secondary N) is 1. The molecule has 0 radical (unpaired) electrons. The summed E-state index contributed by atoms with van der Waals surface area (Å²) in [7, 11) is 0. The highest BCUT2D eigenvalue weighted by molar-refractivity contribution is 5.91. The normalized spacial score (nSPS) is 10.7. The maximum absolute atomic E-state index is 10.9. The lowest BCUT2D eigenvalue weighted by molar-refractivity contribution is 0.0694. The molecular formula is C13H12N4O3. The molecule has 0 unspecified atom stereocenters. The monoisotopic (exact) mass is 272 g/mol. The van der Waals surface area contributed by atoms with Crippen molar-refractivity contribution in [2.45, 2.75) is 0 Å². The molecule has 0 saturated carbocycles. The van der Waals surface area contributed by atoms with E-state index in [9.17, 15) is 9.90 Å². The summed E-state index contributed by atoms with van der Waals surface area (Å²) in [6.07, 6.45) is 0. The first-order chi connectivity index (χ1) is 9.60. The number of hydrogen-bond donors (Lipinski definition) is 4. The Morgan fingerprint density at radius 1 is 1.05 bits per heavy atom. The first-order valence-electron chi connectivity index (χ1n) is 5.65. The van der Waals surface area contributed by atoms with E-state index in [0.29, 0.717) is 11.4 Å². The highest BCUT2D eigenvalue weighted by atomic mass is 16.4. The third kappa shape index (κ3) is 3.09. The van der Waals surface area contributed by atoms with Gasteiger partial charge < -0.3 is 15.6 Å². The van der Waals surface area contributed by atoms with Gasteiger partial charge >= 0.3 is 5.97 Å². The standard InChI is InChI=1S/C13H12N4O3/c14-15-8-1-3-9(4-2-8)16-17-10-5-6-12(18)11(7-10)13(19)20/h1-7,15,18H,14H2,(H,19,20). The number of nitrogens with two attached hydrogens (primary N) is 1. The number of hydrazine groups is 1. The van der Waals surface area contributed by atoms with Gasteiger partial charge in [0, 0.05) is 5.69 Å². The number of benzene rings is 2. The first kappa shape index (κ1) is 13.5. The zero-order valence-electron chi connectivity index (χ0n) is 10.3. The van der Waals surface area contributed by atoms with Gasteiger partial charge in [-0.15, -0.1) is 0 Å². The molecule has 0 fully saturated rings. The second-order valence-electron chi connectivity index (χ2n) is 3.90. The molecule has 0 saturated heterocycles. The van der Waals surface area contributed by atoms with Crippen molar-refractivity contribution in [3.8, 4) is 5.75 Å². The SMILES string of the molecule is NNc1ccc(N=Nc2ccc(O)c(C(=O)O)c2)cc1.